The molecule has 0 unspecified atom stereocenters. The Morgan fingerprint density at radius 3 is 1.82 bits per heavy atom. The summed E-state index contributed by atoms with van der Waals surface area (Å²) in [5.41, 5.74) is 5.17. The highest BCUT2D eigenvalue weighted by atomic mass is 35.5. The van der Waals surface area contributed by atoms with Gasteiger partial charge in [-0.25, -0.2) is 0 Å². The number of ether oxygens (including phenoxy) is 1. The second kappa shape index (κ2) is 18.4. The van der Waals surface area contributed by atoms with Crippen LogP contribution in [0.3, 0.4) is 0 Å². The van der Waals surface area contributed by atoms with Gasteiger partial charge in [-0.2, -0.15) is 0 Å². The van der Waals surface area contributed by atoms with Crippen molar-refractivity contribution in [1.29, 1.82) is 0 Å². The van der Waals surface area contributed by atoms with Gasteiger partial charge in [0.25, 0.3) is 0 Å². The highest BCUT2D eigenvalue weighted by Crippen LogP contribution is 2.10. The maximum Gasteiger partial charge on any atom is 0.306 e. The van der Waals surface area contributed by atoms with Crippen molar-refractivity contribution in [3.8, 4) is 0 Å². The van der Waals surface area contributed by atoms with E-state index in [1.807, 2.05) is 0 Å². The largest absolute Gasteiger partial charge is 0.466 e. The molecular weight excluding hydrogens is 302 g/mol. The van der Waals surface area contributed by atoms with Gasteiger partial charge in [0.05, 0.1) is 19.6 Å². The lowest BCUT2D eigenvalue weighted by atomic mass is 10.1. The standard InChI is InChI=1S/C17H33NO3.ClH/c1-2-3-4-5-6-7-8-9-10-11-14-21-17(20)13-12-16(19)15-18;/h2-15,18H2,1H3;1H. The van der Waals surface area contributed by atoms with E-state index in [0.717, 1.165) is 12.8 Å². The van der Waals surface area contributed by atoms with Crippen molar-refractivity contribution in [3.63, 3.8) is 0 Å². The molecule has 132 valence electrons. The van der Waals surface area contributed by atoms with Gasteiger partial charge in [0.15, 0.2) is 0 Å². The topological polar surface area (TPSA) is 69.4 Å². The molecule has 0 saturated carbocycles. The first kappa shape index (κ1) is 23.7. The highest BCUT2D eigenvalue weighted by Gasteiger charge is 2.06. The maximum atomic E-state index is 11.3. The van der Waals surface area contributed by atoms with Crippen LogP contribution in [0.5, 0.6) is 0 Å². The van der Waals surface area contributed by atoms with Crippen molar-refractivity contribution in [1.82, 2.24) is 0 Å². The van der Waals surface area contributed by atoms with E-state index in [9.17, 15) is 9.59 Å². The highest BCUT2D eigenvalue weighted by molar-refractivity contribution is 5.85. The Morgan fingerprint density at radius 2 is 1.32 bits per heavy atom. The smallest absolute Gasteiger partial charge is 0.306 e. The zero-order valence-corrected chi connectivity index (χ0v) is 14.9. The van der Waals surface area contributed by atoms with Gasteiger partial charge in [0.2, 0.25) is 0 Å². The van der Waals surface area contributed by atoms with E-state index in [2.05, 4.69) is 6.92 Å². The zero-order chi connectivity index (χ0) is 15.8. The minimum absolute atomic E-state index is 0. The third-order valence-corrected chi connectivity index (χ3v) is 3.60. The number of esters is 1. The lowest BCUT2D eigenvalue weighted by Gasteiger charge is -2.05. The molecule has 4 nitrogen and oxygen atoms in total. The molecule has 0 aliphatic rings. The molecule has 0 fully saturated rings. The van der Waals surface area contributed by atoms with E-state index in [-0.39, 0.29) is 43.5 Å². The van der Waals surface area contributed by atoms with Crippen molar-refractivity contribution in [3.05, 3.63) is 0 Å². The molecule has 0 atom stereocenters. The Bertz CT molecular complexity index is 273. The zero-order valence-electron chi connectivity index (χ0n) is 14.1. The van der Waals surface area contributed by atoms with Gasteiger partial charge in [-0.05, 0) is 6.42 Å². The van der Waals surface area contributed by atoms with Gasteiger partial charge in [-0.1, -0.05) is 64.7 Å². The Kier molecular flexibility index (Phi) is 19.8. The number of rotatable bonds is 15. The Morgan fingerprint density at radius 1 is 0.818 bits per heavy atom. The van der Waals surface area contributed by atoms with E-state index >= 15 is 0 Å². The van der Waals surface area contributed by atoms with Crippen LogP contribution in [0.2, 0.25) is 0 Å². The molecule has 0 bridgehead atoms. The molecule has 0 aromatic heterocycles. The fourth-order valence-electron chi connectivity index (χ4n) is 2.19. The van der Waals surface area contributed by atoms with E-state index in [1.165, 1.54) is 51.4 Å². The second-order valence-electron chi connectivity index (χ2n) is 5.65. The molecule has 2 N–H and O–H groups in total. The number of carbonyl (C=O) groups excluding carboxylic acids is 2. The van der Waals surface area contributed by atoms with E-state index in [0.29, 0.717) is 6.61 Å². The van der Waals surface area contributed by atoms with E-state index in [4.69, 9.17) is 10.5 Å². The fraction of sp³-hybridized carbons (Fsp3) is 0.882. The molecule has 0 saturated heterocycles. The van der Waals surface area contributed by atoms with Crippen molar-refractivity contribution in [2.75, 3.05) is 13.2 Å². The summed E-state index contributed by atoms with van der Waals surface area (Å²) in [6.07, 6.45) is 13.0. The van der Waals surface area contributed by atoms with Crippen LogP contribution in [0.1, 0.15) is 84.0 Å². The number of Topliss-reactive ketones (excluding diaryl/α,β-unsaturated/α-hetero) is 1. The van der Waals surface area contributed by atoms with Crippen LogP contribution in [-0.2, 0) is 14.3 Å². The van der Waals surface area contributed by atoms with Gasteiger partial charge >= 0.3 is 5.97 Å². The van der Waals surface area contributed by atoms with E-state index in [1.54, 1.807) is 0 Å². The van der Waals surface area contributed by atoms with Gasteiger partial charge < -0.3 is 10.5 Å². The normalized spacial score (nSPS) is 10.1. The SMILES string of the molecule is CCCCCCCCCCCCOC(=O)CCC(=O)CN.Cl. The molecule has 0 aromatic rings. The summed E-state index contributed by atoms with van der Waals surface area (Å²) in [6.45, 7) is 2.72. The van der Waals surface area contributed by atoms with Crippen molar-refractivity contribution in [2.24, 2.45) is 5.73 Å². The summed E-state index contributed by atoms with van der Waals surface area (Å²) in [7, 11) is 0. The third-order valence-electron chi connectivity index (χ3n) is 3.60. The quantitative estimate of drug-likeness (QED) is 0.360. The number of hydrogen-bond acceptors (Lipinski definition) is 4. The van der Waals surface area contributed by atoms with Gasteiger partial charge in [0, 0.05) is 6.42 Å². The number of nitrogens with two attached hydrogens (primary N) is 1. The number of unbranched alkanes of at least 4 members (excludes halogenated alkanes) is 9. The van der Waals surface area contributed by atoms with Crippen LogP contribution in [-0.4, -0.2) is 24.9 Å². The lowest BCUT2D eigenvalue weighted by Crippen LogP contribution is -2.15. The van der Waals surface area contributed by atoms with Crippen LogP contribution < -0.4 is 5.73 Å². The molecule has 0 aliphatic carbocycles. The average molecular weight is 336 g/mol. The molecule has 0 aromatic carbocycles. The molecule has 0 aliphatic heterocycles. The molecular formula is C17H34ClNO3. The van der Waals surface area contributed by atoms with Crippen LogP contribution >= 0.6 is 12.4 Å². The first-order valence-corrected chi connectivity index (χ1v) is 8.58. The lowest BCUT2D eigenvalue weighted by molar-refractivity contribution is -0.144. The maximum absolute atomic E-state index is 11.3. The predicted molar refractivity (Wildman–Crippen MR) is 93.3 cm³/mol. The Balaban J connectivity index is 0. The summed E-state index contributed by atoms with van der Waals surface area (Å²) in [4.78, 5) is 22.3. The summed E-state index contributed by atoms with van der Waals surface area (Å²) >= 11 is 0. The van der Waals surface area contributed by atoms with Crippen LogP contribution in [0, 0.1) is 0 Å². The molecule has 0 spiro atoms. The van der Waals surface area contributed by atoms with Gasteiger partial charge in [-0.15, -0.1) is 12.4 Å². The predicted octanol–water partition coefficient (Wildman–Crippen LogP) is 4.18. The van der Waals surface area contributed by atoms with Crippen LogP contribution in [0.15, 0.2) is 0 Å². The van der Waals surface area contributed by atoms with Crippen molar-refractivity contribution in [2.45, 2.75) is 84.0 Å². The van der Waals surface area contributed by atoms with Crippen molar-refractivity contribution < 1.29 is 14.3 Å². The minimum atomic E-state index is -0.285. The van der Waals surface area contributed by atoms with E-state index < -0.39 is 0 Å². The number of carbonyl (C=O) groups is 2. The monoisotopic (exact) mass is 335 g/mol. The minimum Gasteiger partial charge on any atom is -0.466 e. The van der Waals surface area contributed by atoms with Crippen LogP contribution in [0.25, 0.3) is 0 Å². The average Bonchev–Trinajstić information content (AvgIpc) is 2.50. The van der Waals surface area contributed by atoms with Gasteiger partial charge in [0.1, 0.15) is 5.78 Å². The summed E-state index contributed by atoms with van der Waals surface area (Å²) in [5.74, 6) is -0.376. The number of ketones is 1. The molecule has 5 heteroatoms. The Hall–Kier alpha value is -0.610. The first-order valence-electron chi connectivity index (χ1n) is 8.58. The molecule has 22 heavy (non-hydrogen) atoms. The molecule has 0 radical (unpaired) electrons. The van der Waals surface area contributed by atoms with Gasteiger partial charge in [-0.3, -0.25) is 9.59 Å². The first-order chi connectivity index (χ1) is 10.2. The molecule has 0 rings (SSSR count). The number of halogens is 1. The van der Waals surface area contributed by atoms with Crippen LogP contribution in [0.4, 0.5) is 0 Å². The Labute approximate surface area is 142 Å². The third kappa shape index (κ3) is 17.4. The van der Waals surface area contributed by atoms with Crippen molar-refractivity contribution >= 4 is 24.2 Å². The summed E-state index contributed by atoms with van der Waals surface area (Å²) in [6, 6.07) is 0. The summed E-state index contributed by atoms with van der Waals surface area (Å²) < 4.78 is 5.08. The second-order valence-corrected chi connectivity index (χ2v) is 5.65. The fourth-order valence-corrected chi connectivity index (χ4v) is 2.19. The molecule has 0 heterocycles. The molecule has 0 amide bonds. The summed E-state index contributed by atoms with van der Waals surface area (Å²) in [5, 5.41) is 0. The number of hydrogen-bond donors (Lipinski definition) is 1.